The molecular weight excluding hydrogens is 2330 g/mol. The minimum atomic E-state index is -4.61. The summed E-state index contributed by atoms with van der Waals surface area (Å²) in [4.78, 5) is 34.7. The number of hydrogen-bond donors (Lipinski definition) is 0. The number of hydrogen-bond acceptors (Lipinski definition) is 18. The molecule has 0 fully saturated rings. The van der Waals surface area contributed by atoms with E-state index >= 15 is 0 Å². The predicted molar refractivity (Wildman–Crippen MR) is 489 cm³/mol. The molecule has 37 heteroatoms. The summed E-state index contributed by atoms with van der Waals surface area (Å²) >= 11 is 0. The van der Waals surface area contributed by atoms with Gasteiger partial charge in [-0.15, -0.1) is 161 Å². The molecule has 11 heterocycles. The Morgan fingerprint density at radius 2 is 0.746 bits per heavy atom. The van der Waals surface area contributed by atoms with Gasteiger partial charge in [0.15, 0.2) is 0 Å². The summed E-state index contributed by atoms with van der Waals surface area (Å²) in [6.45, 7) is 21.5. The molecule has 0 saturated carbocycles. The van der Waals surface area contributed by atoms with E-state index in [9.17, 15) is 57.1 Å². The van der Waals surface area contributed by atoms with Crippen LogP contribution in [0.5, 0.6) is 11.6 Å². The molecule has 0 amide bonds. The van der Waals surface area contributed by atoms with E-state index in [-0.39, 0.29) is 88.5 Å². The zero-order valence-corrected chi connectivity index (χ0v) is 82.4. The Labute approximate surface area is 832 Å². The van der Waals surface area contributed by atoms with E-state index in [0.29, 0.717) is 69.4 Å². The molecule has 0 aliphatic carbocycles. The molecule has 8 aromatic carbocycles. The molecule has 6 aliphatic heterocycles. The number of aryl methyl sites for hydroxylation is 1. The monoisotopic (exact) mass is 2420 g/mol. The van der Waals surface area contributed by atoms with E-state index in [1.165, 1.54) is 35.0 Å². The van der Waals surface area contributed by atoms with Crippen molar-refractivity contribution in [2.24, 2.45) is 0 Å². The summed E-state index contributed by atoms with van der Waals surface area (Å²) in [7, 11) is 11.2. The Morgan fingerprint density at radius 3 is 1.09 bits per heavy atom. The maximum Gasteiger partial charge on any atom is 0.431 e. The number of alkyl halides is 9. The number of nitrogens with zero attached hydrogens (tertiary/aromatic N) is 20. The Bertz CT molecular complexity index is 6200. The number of pyridine rings is 2. The maximum atomic E-state index is 13.7. The molecule has 138 heavy (non-hydrogen) atoms. The van der Waals surface area contributed by atoms with Crippen LogP contribution in [0.25, 0.3) is 62.4 Å². The van der Waals surface area contributed by atoms with Gasteiger partial charge in [-0.05, 0) is 176 Å². The minimum Gasteiger partial charge on any atom is -0.574 e. The molecular formula is C101H84F13Ir3N20O-15. The summed E-state index contributed by atoms with van der Waals surface area (Å²) in [5.74, 6) is -0.278. The second-order valence-corrected chi connectivity index (χ2v) is 31.5. The van der Waals surface area contributed by atoms with E-state index in [2.05, 4.69) is 123 Å². The van der Waals surface area contributed by atoms with E-state index in [1.807, 2.05) is 152 Å². The van der Waals surface area contributed by atoms with Crippen LogP contribution in [-0.2, 0) is 78.8 Å². The summed E-state index contributed by atoms with van der Waals surface area (Å²) in [6.07, 6.45) is 10.4. The number of rotatable bonds is 16. The fourth-order valence-corrected chi connectivity index (χ4v) is 13.7. The third-order valence-corrected chi connectivity index (χ3v) is 20.2. The fourth-order valence-electron chi connectivity index (χ4n) is 13.7. The van der Waals surface area contributed by atoms with Crippen molar-refractivity contribution in [3.63, 3.8) is 0 Å². The smallest absolute Gasteiger partial charge is 0.431 e. The average molecular weight is 2420 g/mol. The van der Waals surface area contributed by atoms with E-state index in [4.69, 9.17) is 9.72 Å². The van der Waals surface area contributed by atoms with E-state index in [1.54, 1.807) is 168 Å². The molecule has 0 spiro atoms. The first-order valence-electron chi connectivity index (χ1n) is 41.5. The summed E-state index contributed by atoms with van der Waals surface area (Å²) in [6, 6.07) is 68.9. The predicted octanol–water partition coefficient (Wildman–Crippen LogP) is 22.7. The number of benzene rings is 8. The number of aromatic nitrogens is 8. The van der Waals surface area contributed by atoms with Gasteiger partial charge in [-0.25, -0.2) is 4.98 Å². The van der Waals surface area contributed by atoms with Crippen molar-refractivity contribution >= 4 is 34.1 Å². The topological polar surface area (TPSA) is 146 Å². The van der Waals surface area contributed by atoms with Crippen LogP contribution in [0.15, 0.2) is 263 Å². The Hall–Kier alpha value is -13.4. The number of imidazole rings is 1. The van der Waals surface area contributed by atoms with Crippen LogP contribution >= 0.6 is 0 Å². The molecule has 21 nitrogen and oxygen atoms in total. The Morgan fingerprint density at radius 1 is 0.377 bits per heavy atom. The molecule has 0 N–H and O–H groups in total. The fraction of sp³-hybridized carbons (Fsp3) is 0.158. The standard InChI is InChI=1S/C27H26N2O.C15H6F5N3.2C15H14F3N4.C15H9F2N3.C14H15N4.3Ir/c1-19(2)23-16-11-17-24(20(3)4)26(23)29-18-25(30-22-14-9-6-10-15-22)28-27(29)21-12-7-5-8-13-21;16-8-4-5-9(10(17)6-8)11-2-1-3-12(21-11)13-7-14(23-22-13)15(18,19)20;2*1-19-3-5-21(10-19)13-7-12(15(16,17)18)8-14(9-13)22-6-4-20(2)11-22;1-9-7-15(20-19-9)14-4-2-3-13(18-14)11-6-5-10(16)8-12(11)17;1-15-6-8-17(11-15)13-4-3-5-14(10-13)18-9-7-16(2)12-18;;;/h5-12,14,16-20H,1-4H3;1-4,6-7H;2*3-8,10-11H,1-2H3;2-5,7-8H,1H3;3-9,11-12H,1-2H3;;;/q2*-2;2*-3;-2;-3;;;. The second-order valence-electron chi connectivity index (χ2n) is 31.5. The largest absolute Gasteiger partial charge is 0.574 e. The molecule has 727 valence electrons. The van der Waals surface area contributed by atoms with Crippen molar-refractivity contribution in [1.29, 1.82) is 0 Å². The van der Waals surface area contributed by atoms with Crippen molar-refractivity contribution in [2.75, 3.05) is 71.7 Å². The SMILES string of the molecule is CC(C)c1cccc(C(C)C)c1-n1cc(Oc2[c-]cccc2)nc1-c1[c-]cccc1.CN1C=CN(c2[c-]c(N3C=CN(C)[CH-]3)cc(C(F)(F)F)c2)[CH-]1.CN1C=CN(c2[c-]c(N3C=CN(C)[CH-]3)cc(C(F)(F)F)c2)[CH-]1.CN1C=CN(c2[c-]c(N3C=CN(C)[CH-]3)ccc2)[CH-]1.Cc1cc(-c2cccc(-c3[c-]cc(F)cc3F)n2)[n-]n1.Fc1c[c-]c(-c2cccc(-c3cc(C(F)(F)F)n[n-]3)n2)c(F)c1.[Ir].[Ir].[Ir]. The first-order chi connectivity index (χ1) is 64.4. The van der Waals surface area contributed by atoms with Gasteiger partial charge < -0.3 is 88.5 Å². The van der Waals surface area contributed by atoms with Crippen molar-refractivity contribution < 1.29 is 122 Å². The van der Waals surface area contributed by atoms with Crippen molar-refractivity contribution in [3.05, 3.63) is 402 Å². The van der Waals surface area contributed by atoms with E-state index in [0.717, 1.165) is 77.0 Å². The van der Waals surface area contributed by atoms with Gasteiger partial charge in [-0.2, -0.15) is 104 Å². The molecule has 0 bridgehead atoms. The average Bonchev–Trinajstić information content (AvgIpc) is 1.59. The Balaban J connectivity index is 0.000000159. The third-order valence-electron chi connectivity index (χ3n) is 20.2. The van der Waals surface area contributed by atoms with E-state index < -0.39 is 58.6 Å². The van der Waals surface area contributed by atoms with Gasteiger partial charge in [0.05, 0.1) is 12.0 Å². The van der Waals surface area contributed by atoms with Gasteiger partial charge in [-0.3, -0.25) is 27.5 Å². The van der Waals surface area contributed by atoms with Crippen molar-refractivity contribution in [2.45, 2.75) is 65.0 Å². The zero-order chi connectivity index (χ0) is 96.2. The second kappa shape index (κ2) is 46.1. The molecule has 5 aromatic heterocycles. The molecule has 0 atom stereocenters. The molecule has 19 rings (SSSR count). The zero-order valence-electron chi connectivity index (χ0n) is 75.2. The van der Waals surface area contributed by atoms with Crippen LogP contribution < -0.4 is 44.3 Å². The van der Waals surface area contributed by atoms with Crippen molar-refractivity contribution in [3.8, 4) is 74.0 Å². The van der Waals surface area contributed by atoms with Gasteiger partial charge >= 0.3 is 18.5 Å². The summed E-state index contributed by atoms with van der Waals surface area (Å²) < 4.78 is 178. The van der Waals surface area contributed by atoms with Crippen LogP contribution in [0, 0.1) is 113 Å². The molecule has 3 radical (unpaired) electrons. The molecule has 13 aromatic rings. The summed E-state index contributed by atoms with van der Waals surface area (Å²) in [5, 5.41) is 14.4. The quantitative estimate of drug-likeness (QED) is 0.0667. The normalized spacial score (nSPS) is 14.1. The molecule has 0 saturated heterocycles. The van der Waals surface area contributed by atoms with Gasteiger partial charge in [0.1, 0.15) is 5.69 Å². The first kappa shape index (κ1) is 105. The Kier molecular flexibility index (Phi) is 35.1. The minimum absolute atomic E-state index is 0. The van der Waals surface area contributed by atoms with Gasteiger partial charge in [-0.1, -0.05) is 122 Å². The van der Waals surface area contributed by atoms with Crippen LogP contribution in [0.1, 0.15) is 73.2 Å². The van der Waals surface area contributed by atoms with Crippen LogP contribution in [0.2, 0.25) is 0 Å². The number of anilines is 6. The third kappa shape index (κ3) is 27.1. The van der Waals surface area contributed by atoms with Crippen LogP contribution in [-0.4, -0.2) is 101 Å². The van der Waals surface area contributed by atoms with Gasteiger partial charge in [0.2, 0.25) is 5.88 Å². The van der Waals surface area contributed by atoms with Crippen LogP contribution in [0.3, 0.4) is 0 Å². The first-order valence-corrected chi connectivity index (χ1v) is 41.5. The van der Waals surface area contributed by atoms with Crippen molar-refractivity contribution in [1.82, 2.24) is 69.3 Å². The summed E-state index contributed by atoms with van der Waals surface area (Å²) in [5.41, 5.74) is 8.01. The number of para-hydroxylation sites is 2. The molecule has 6 aliphatic rings. The number of ether oxygens (including phenoxy) is 1. The van der Waals surface area contributed by atoms with Gasteiger partial charge in [0, 0.05) is 112 Å². The van der Waals surface area contributed by atoms with Gasteiger partial charge in [0.25, 0.3) is 0 Å². The molecule has 0 unspecified atom stereocenters. The number of halogens is 13. The van der Waals surface area contributed by atoms with Crippen LogP contribution in [0.4, 0.5) is 91.2 Å². The maximum absolute atomic E-state index is 13.7.